The molecule has 18 heavy (non-hydrogen) atoms. The maximum atomic E-state index is 11.6. The number of aromatic nitrogens is 2. The molecule has 1 aliphatic heterocycles. The summed E-state index contributed by atoms with van der Waals surface area (Å²) in [5.41, 5.74) is 1.43. The van der Waals surface area contributed by atoms with Crippen LogP contribution in [0, 0.1) is 6.92 Å². The first kappa shape index (κ1) is 13.1. The molecule has 1 unspecified atom stereocenters. The molecule has 100 valence electrons. The number of hydrogen-bond acceptors (Lipinski definition) is 3. The number of carboxylic acids is 1. The highest BCUT2D eigenvalue weighted by Crippen LogP contribution is 2.34. The molecule has 1 fully saturated rings. The molecule has 1 N–H and O–H groups in total. The summed E-state index contributed by atoms with van der Waals surface area (Å²) in [6.07, 6.45) is 4.34. The topological polar surface area (TPSA) is 58.4 Å². The van der Waals surface area contributed by atoms with Gasteiger partial charge in [-0.1, -0.05) is 6.92 Å². The fourth-order valence-corrected chi connectivity index (χ4v) is 2.97. The lowest BCUT2D eigenvalue weighted by Crippen LogP contribution is -2.49. The van der Waals surface area contributed by atoms with E-state index >= 15 is 0 Å². The van der Waals surface area contributed by atoms with Gasteiger partial charge in [-0.05, 0) is 32.7 Å². The van der Waals surface area contributed by atoms with Crippen LogP contribution in [0.4, 0.5) is 0 Å². The quantitative estimate of drug-likeness (QED) is 0.882. The Kier molecular flexibility index (Phi) is 3.43. The van der Waals surface area contributed by atoms with Gasteiger partial charge < -0.3 is 5.11 Å². The summed E-state index contributed by atoms with van der Waals surface area (Å²) in [4.78, 5) is 13.7. The largest absolute Gasteiger partial charge is 0.480 e. The van der Waals surface area contributed by atoms with Gasteiger partial charge in [-0.25, -0.2) is 0 Å². The Morgan fingerprint density at radius 2 is 2.33 bits per heavy atom. The van der Waals surface area contributed by atoms with Crippen molar-refractivity contribution >= 4 is 5.97 Å². The van der Waals surface area contributed by atoms with Gasteiger partial charge in [0.2, 0.25) is 0 Å². The Hall–Kier alpha value is -1.36. The van der Waals surface area contributed by atoms with E-state index in [1.54, 1.807) is 4.68 Å². The van der Waals surface area contributed by atoms with E-state index in [2.05, 4.69) is 10.00 Å². The first-order valence-electron chi connectivity index (χ1n) is 6.47. The second-order valence-corrected chi connectivity index (χ2v) is 5.13. The third kappa shape index (κ3) is 2.03. The lowest BCUT2D eigenvalue weighted by molar-refractivity contribution is -0.150. The Balaban J connectivity index is 2.22. The average molecular weight is 251 g/mol. The Morgan fingerprint density at radius 1 is 1.61 bits per heavy atom. The Bertz CT molecular complexity index is 455. The summed E-state index contributed by atoms with van der Waals surface area (Å²) in [6.45, 7) is 5.47. The molecule has 0 aromatic carbocycles. The summed E-state index contributed by atoms with van der Waals surface area (Å²) in [5, 5.41) is 13.8. The molecule has 1 saturated heterocycles. The average Bonchev–Trinajstić information content (AvgIpc) is 2.84. The molecule has 1 aliphatic rings. The minimum absolute atomic E-state index is 0.654. The number of rotatable bonds is 4. The number of aryl methyl sites for hydroxylation is 2. The fraction of sp³-hybridized carbons (Fsp3) is 0.692. The van der Waals surface area contributed by atoms with Crippen molar-refractivity contribution in [2.24, 2.45) is 7.05 Å². The molecular weight excluding hydrogens is 230 g/mol. The molecule has 1 aromatic rings. The monoisotopic (exact) mass is 251 g/mol. The zero-order valence-corrected chi connectivity index (χ0v) is 11.3. The van der Waals surface area contributed by atoms with Gasteiger partial charge in [0, 0.05) is 25.4 Å². The van der Waals surface area contributed by atoms with Gasteiger partial charge >= 0.3 is 5.97 Å². The molecule has 2 heterocycles. The number of nitrogens with zero attached hydrogens (tertiary/aromatic N) is 3. The summed E-state index contributed by atoms with van der Waals surface area (Å²) in [7, 11) is 1.89. The first-order chi connectivity index (χ1) is 8.49. The lowest BCUT2D eigenvalue weighted by Gasteiger charge is -2.33. The SMILES string of the molecule is CCC1(C(=O)O)CCCN1Cc1cn(C)nc1C. The van der Waals surface area contributed by atoms with Crippen LogP contribution in [0.5, 0.6) is 0 Å². The smallest absolute Gasteiger partial charge is 0.324 e. The van der Waals surface area contributed by atoms with Gasteiger partial charge in [0.25, 0.3) is 0 Å². The van der Waals surface area contributed by atoms with Crippen molar-refractivity contribution in [3.05, 3.63) is 17.5 Å². The molecule has 0 aliphatic carbocycles. The lowest BCUT2D eigenvalue weighted by atomic mass is 9.92. The van der Waals surface area contributed by atoms with Gasteiger partial charge in [-0.15, -0.1) is 0 Å². The van der Waals surface area contributed by atoms with Crippen molar-refractivity contribution in [3.8, 4) is 0 Å². The third-order valence-electron chi connectivity index (χ3n) is 4.08. The van der Waals surface area contributed by atoms with Crippen molar-refractivity contribution < 1.29 is 9.90 Å². The fourth-order valence-electron chi connectivity index (χ4n) is 2.97. The molecular formula is C13H21N3O2. The van der Waals surface area contributed by atoms with Crippen molar-refractivity contribution in [3.63, 3.8) is 0 Å². The highest BCUT2D eigenvalue weighted by Gasteiger charge is 2.46. The van der Waals surface area contributed by atoms with Crippen LogP contribution in [0.15, 0.2) is 6.20 Å². The number of carboxylic acid groups (broad SMARTS) is 1. The van der Waals surface area contributed by atoms with Gasteiger partial charge in [0.15, 0.2) is 0 Å². The van der Waals surface area contributed by atoms with E-state index in [1.165, 1.54) is 0 Å². The molecule has 0 saturated carbocycles. The number of likely N-dealkylation sites (tertiary alicyclic amines) is 1. The standard InChI is InChI=1S/C13H21N3O2/c1-4-13(12(17)18)6-5-7-16(13)9-11-8-15(3)14-10(11)2/h8H,4-7,9H2,1-3H3,(H,17,18). The first-order valence-corrected chi connectivity index (χ1v) is 6.47. The van der Waals surface area contributed by atoms with Crippen molar-refractivity contribution in [1.82, 2.24) is 14.7 Å². The summed E-state index contributed by atoms with van der Waals surface area (Å²) >= 11 is 0. The van der Waals surface area contributed by atoms with E-state index in [0.29, 0.717) is 13.0 Å². The normalized spacial score (nSPS) is 24.6. The van der Waals surface area contributed by atoms with Crippen LogP contribution in [0.25, 0.3) is 0 Å². The maximum absolute atomic E-state index is 11.6. The van der Waals surface area contributed by atoms with Gasteiger partial charge in [-0.2, -0.15) is 5.10 Å². The second-order valence-electron chi connectivity index (χ2n) is 5.13. The summed E-state index contributed by atoms with van der Waals surface area (Å²) in [6, 6.07) is 0. The Labute approximate surface area is 107 Å². The predicted molar refractivity (Wildman–Crippen MR) is 68.2 cm³/mol. The van der Waals surface area contributed by atoms with E-state index in [1.807, 2.05) is 27.1 Å². The van der Waals surface area contributed by atoms with Crippen LogP contribution >= 0.6 is 0 Å². The Morgan fingerprint density at radius 3 is 2.83 bits per heavy atom. The van der Waals surface area contributed by atoms with E-state index in [9.17, 15) is 9.90 Å². The summed E-state index contributed by atoms with van der Waals surface area (Å²) in [5.74, 6) is -0.691. The number of carbonyl (C=O) groups is 1. The highest BCUT2D eigenvalue weighted by atomic mass is 16.4. The molecule has 2 rings (SSSR count). The van der Waals surface area contributed by atoms with Gasteiger partial charge in [-0.3, -0.25) is 14.4 Å². The highest BCUT2D eigenvalue weighted by molar-refractivity contribution is 5.79. The zero-order valence-electron chi connectivity index (χ0n) is 11.3. The minimum atomic E-state index is -0.691. The minimum Gasteiger partial charge on any atom is -0.480 e. The molecule has 0 radical (unpaired) electrons. The van der Waals surface area contributed by atoms with Crippen LogP contribution < -0.4 is 0 Å². The van der Waals surface area contributed by atoms with Crippen LogP contribution in [-0.4, -0.2) is 37.8 Å². The zero-order chi connectivity index (χ0) is 13.3. The third-order valence-corrected chi connectivity index (χ3v) is 4.08. The molecule has 1 aromatic heterocycles. The second kappa shape index (κ2) is 4.72. The van der Waals surface area contributed by atoms with E-state index in [0.717, 1.165) is 30.6 Å². The van der Waals surface area contributed by atoms with Crippen LogP contribution in [0.3, 0.4) is 0 Å². The molecule has 0 bridgehead atoms. The predicted octanol–water partition coefficient (Wildman–Crippen LogP) is 1.56. The van der Waals surface area contributed by atoms with Crippen LogP contribution in [0.1, 0.15) is 37.4 Å². The van der Waals surface area contributed by atoms with E-state index in [-0.39, 0.29) is 0 Å². The molecule has 5 heteroatoms. The molecule has 1 atom stereocenters. The van der Waals surface area contributed by atoms with E-state index in [4.69, 9.17) is 0 Å². The van der Waals surface area contributed by atoms with Crippen LogP contribution in [0.2, 0.25) is 0 Å². The van der Waals surface area contributed by atoms with Crippen molar-refractivity contribution in [2.45, 2.75) is 45.2 Å². The van der Waals surface area contributed by atoms with Crippen molar-refractivity contribution in [1.29, 1.82) is 0 Å². The van der Waals surface area contributed by atoms with Crippen molar-refractivity contribution in [2.75, 3.05) is 6.54 Å². The van der Waals surface area contributed by atoms with Crippen LogP contribution in [-0.2, 0) is 18.4 Å². The summed E-state index contributed by atoms with van der Waals surface area (Å²) < 4.78 is 1.79. The molecule has 0 spiro atoms. The molecule has 5 nitrogen and oxygen atoms in total. The number of hydrogen-bond donors (Lipinski definition) is 1. The van der Waals surface area contributed by atoms with Gasteiger partial charge in [0.1, 0.15) is 5.54 Å². The van der Waals surface area contributed by atoms with Gasteiger partial charge in [0.05, 0.1) is 5.69 Å². The molecule has 0 amide bonds. The van der Waals surface area contributed by atoms with E-state index < -0.39 is 11.5 Å². The number of aliphatic carboxylic acids is 1. The maximum Gasteiger partial charge on any atom is 0.324 e.